The van der Waals surface area contributed by atoms with Gasteiger partial charge < -0.3 is 24.1 Å². The van der Waals surface area contributed by atoms with Crippen molar-refractivity contribution in [3.8, 4) is 28.5 Å². The summed E-state index contributed by atoms with van der Waals surface area (Å²) >= 11 is 0. The molecule has 176 valence electrons. The Bertz CT molecular complexity index is 1420. The molecule has 2 heterocycles. The second-order valence-electron chi connectivity index (χ2n) is 7.53. The second kappa shape index (κ2) is 9.26. The molecule has 0 bridgehead atoms. The first kappa shape index (κ1) is 22.8. The van der Waals surface area contributed by atoms with Crippen molar-refractivity contribution >= 4 is 22.5 Å². The molecule has 1 atom stereocenters. The van der Waals surface area contributed by atoms with Gasteiger partial charge in [-0.1, -0.05) is 17.3 Å². The molecule has 0 radical (unpaired) electrons. The highest BCUT2D eigenvalue weighted by Crippen LogP contribution is 2.31. The van der Waals surface area contributed by atoms with Crippen molar-refractivity contribution in [3.05, 3.63) is 58.6 Å². The number of anilines is 1. The maximum absolute atomic E-state index is 13.2. The number of aryl methyl sites for hydroxylation is 1. The maximum Gasteiger partial charge on any atom is 0.297 e. The van der Waals surface area contributed by atoms with Crippen LogP contribution in [0.2, 0.25) is 0 Å². The van der Waals surface area contributed by atoms with Crippen LogP contribution in [0.5, 0.6) is 17.2 Å². The molecule has 2 aromatic heterocycles. The topological polar surface area (TPSA) is 118 Å². The van der Waals surface area contributed by atoms with Gasteiger partial charge in [-0.05, 0) is 38.1 Å². The fourth-order valence-electron chi connectivity index (χ4n) is 3.62. The lowest BCUT2D eigenvalue weighted by Gasteiger charge is -2.16. The minimum Gasteiger partial charge on any atom is -0.497 e. The Balaban J connectivity index is 1.76. The van der Waals surface area contributed by atoms with Gasteiger partial charge in [0, 0.05) is 17.3 Å². The monoisotopic (exact) mass is 464 g/mol. The summed E-state index contributed by atoms with van der Waals surface area (Å²) in [5, 5.41) is 11.8. The minimum atomic E-state index is -0.952. The van der Waals surface area contributed by atoms with Gasteiger partial charge in [0.2, 0.25) is 5.91 Å². The molecule has 0 aliphatic rings. The number of ether oxygens (including phenoxy) is 3. The number of benzene rings is 2. The zero-order valence-electron chi connectivity index (χ0n) is 19.4. The number of hydrogen-bond acceptors (Lipinski definition) is 8. The molecule has 0 unspecified atom stereocenters. The van der Waals surface area contributed by atoms with Crippen molar-refractivity contribution in [2.45, 2.75) is 19.9 Å². The summed E-state index contributed by atoms with van der Waals surface area (Å²) in [5.41, 5.74) is 1.19. The molecule has 1 N–H and O–H groups in total. The number of methoxy groups -OCH3 is 3. The van der Waals surface area contributed by atoms with Gasteiger partial charge in [0.25, 0.3) is 5.56 Å². The average Bonchev–Trinajstić information content (AvgIpc) is 3.25. The third-order valence-corrected chi connectivity index (χ3v) is 5.46. The summed E-state index contributed by atoms with van der Waals surface area (Å²) in [4.78, 5) is 26.2. The number of nitrogens with one attached hydrogen (secondary N) is 1. The van der Waals surface area contributed by atoms with E-state index in [0.717, 1.165) is 4.68 Å². The molecule has 0 spiro atoms. The Labute approximate surface area is 195 Å². The number of carbonyl (C=O) groups excluding carboxylic acids is 1. The quantitative estimate of drug-likeness (QED) is 0.441. The van der Waals surface area contributed by atoms with Gasteiger partial charge in [-0.25, -0.2) is 4.68 Å². The van der Waals surface area contributed by atoms with Gasteiger partial charge in [-0.2, -0.15) is 5.10 Å². The van der Waals surface area contributed by atoms with Crippen molar-refractivity contribution in [1.29, 1.82) is 0 Å². The SMILES string of the molecule is COc1cccc(-c2nn([C@H](C)C(=O)Nc3ccc(OC)c(OC)c3)c(=O)c3noc(C)c23)c1. The van der Waals surface area contributed by atoms with Crippen LogP contribution < -0.4 is 25.1 Å². The lowest BCUT2D eigenvalue weighted by molar-refractivity contribution is -0.119. The standard InChI is InChI=1S/C24H24N4O6/c1-13(23(29)25-16-9-10-18(32-4)19(12-16)33-5)28-24(30)22-20(14(2)34-27-22)21(26-28)15-7-6-8-17(11-15)31-3/h6-13H,1-5H3,(H,25,29)/t13-/m1/s1. The van der Waals surface area contributed by atoms with Crippen LogP contribution in [0.3, 0.4) is 0 Å². The summed E-state index contributed by atoms with van der Waals surface area (Å²) in [6, 6.07) is 11.3. The van der Waals surface area contributed by atoms with E-state index in [1.54, 1.807) is 51.3 Å². The van der Waals surface area contributed by atoms with Crippen molar-refractivity contribution in [1.82, 2.24) is 14.9 Å². The molecule has 10 nitrogen and oxygen atoms in total. The van der Waals surface area contributed by atoms with E-state index in [9.17, 15) is 9.59 Å². The van der Waals surface area contributed by atoms with E-state index in [1.165, 1.54) is 14.2 Å². The zero-order chi connectivity index (χ0) is 24.4. The van der Waals surface area contributed by atoms with Gasteiger partial charge in [-0.15, -0.1) is 0 Å². The first-order valence-electron chi connectivity index (χ1n) is 10.4. The molecule has 0 saturated heterocycles. The number of hydrogen-bond donors (Lipinski definition) is 1. The summed E-state index contributed by atoms with van der Waals surface area (Å²) in [5.74, 6) is 1.62. The van der Waals surface area contributed by atoms with Crippen molar-refractivity contribution in [3.63, 3.8) is 0 Å². The Morgan fingerprint density at radius 2 is 1.82 bits per heavy atom. The fraction of sp³-hybridized carbons (Fsp3) is 0.250. The molecule has 0 saturated carbocycles. The Hall–Kier alpha value is -4.34. The number of carbonyl (C=O) groups is 1. The predicted molar refractivity (Wildman–Crippen MR) is 126 cm³/mol. The van der Waals surface area contributed by atoms with Crippen molar-refractivity contribution in [2.24, 2.45) is 0 Å². The minimum absolute atomic E-state index is 0.0936. The normalized spacial score (nSPS) is 11.8. The van der Waals surface area contributed by atoms with Crippen LogP contribution in [-0.2, 0) is 4.79 Å². The maximum atomic E-state index is 13.2. The van der Waals surface area contributed by atoms with E-state index in [1.807, 2.05) is 12.1 Å². The van der Waals surface area contributed by atoms with E-state index in [-0.39, 0.29) is 5.52 Å². The van der Waals surface area contributed by atoms with Gasteiger partial charge in [0.1, 0.15) is 23.2 Å². The first-order chi connectivity index (χ1) is 16.4. The molecule has 4 rings (SSSR count). The van der Waals surface area contributed by atoms with Crippen LogP contribution in [0.25, 0.3) is 22.2 Å². The number of amides is 1. The van der Waals surface area contributed by atoms with Gasteiger partial charge >= 0.3 is 0 Å². The third-order valence-electron chi connectivity index (χ3n) is 5.46. The fourth-order valence-corrected chi connectivity index (χ4v) is 3.62. The average molecular weight is 464 g/mol. The number of aromatic nitrogens is 3. The molecule has 10 heteroatoms. The molecule has 0 fully saturated rings. The van der Waals surface area contributed by atoms with Crippen LogP contribution in [0.15, 0.2) is 51.8 Å². The smallest absolute Gasteiger partial charge is 0.297 e. The van der Waals surface area contributed by atoms with Gasteiger partial charge in [0.05, 0.1) is 26.7 Å². The highest BCUT2D eigenvalue weighted by molar-refractivity contribution is 5.95. The van der Waals surface area contributed by atoms with Crippen molar-refractivity contribution in [2.75, 3.05) is 26.6 Å². The Morgan fingerprint density at radius 1 is 1.06 bits per heavy atom. The summed E-state index contributed by atoms with van der Waals surface area (Å²) < 4.78 is 22.2. The van der Waals surface area contributed by atoms with Crippen LogP contribution >= 0.6 is 0 Å². The molecule has 0 aliphatic carbocycles. The number of nitrogens with zero attached hydrogens (tertiary/aromatic N) is 3. The highest BCUT2D eigenvalue weighted by Gasteiger charge is 2.25. The second-order valence-corrected chi connectivity index (χ2v) is 7.53. The van der Waals surface area contributed by atoms with Crippen LogP contribution in [0.1, 0.15) is 18.7 Å². The van der Waals surface area contributed by atoms with Gasteiger partial charge in [-0.3, -0.25) is 9.59 Å². The Kier molecular flexibility index (Phi) is 6.22. The van der Waals surface area contributed by atoms with Crippen LogP contribution in [0, 0.1) is 6.92 Å². The van der Waals surface area contributed by atoms with Crippen LogP contribution in [0.4, 0.5) is 5.69 Å². The lowest BCUT2D eigenvalue weighted by Crippen LogP contribution is -2.34. The van der Waals surface area contributed by atoms with E-state index in [2.05, 4.69) is 15.6 Å². The molecule has 1 amide bonds. The predicted octanol–water partition coefficient (Wildman–Crippen LogP) is 3.59. The van der Waals surface area contributed by atoms with Crippen molar-refractivity contribution < 1.29 is 23.5 Å². The van der Waals surface area contributed by atoms with Gasteiger partial charge in [0.15, 0.2) is 17.0 Å². The molecular formula is C24H24N4O6. The zero-order valence-corrected chi connectivity index (χ0v) is 19.4. The molecular weight excluding hydrogens is 440 g/mol. The highest BCUT2D eigenvalue weighted by atomic mass is 16.5. The summed E-state index contributed by atoms with van der Waals surface area (Å²) in [7, 11) is 4.59. The van der Waals surface area contributed by atoms with Crippen LogP contribution in [-0.4, -0.2) is 42.2 Å². The molecule has 0 aliphatic heterocycles. The van der Waals surface area contributed by atoms with E-state index in [0.29, 0.717) is 45.3 Å². The first-order valence-corrected chi connectivity index (χ1v) is 10.4. The summed E-state index contributed by atoms with van der Waals surface area (Å²) in [6.07, 6.45) is 0. The van der Waals surface area contributed by atoms with E-state index in [4.69, 9.17) is 18.7 Å². The molecule has 2 aromatic carbocycles. The lowest BCUT2D eigenvalue weighted by atomic mass is 10.1. The number of fused-ring (bicyclic) bond motifs is 1. The van der Waals surface area contributed by atoms with E-state index >= 15 is 0 Å². The van der Waals surface area contributed by atoms with E-state index < -0.39 is 17.5 Å². The Morgan fingerprint density at radius 3 is 2.53 bits per heavy atom. The third kappa shape index (κ3) is 4.05. The molecule has 34 heavy (non-hydrogen) atoms. The number of rotatable bonds is 7. The largest absolute Gasteiger partial charge is 0.497 e. The molecule has 4 aromatic rings. The summed E-state index contributed by atoms with van der Waals surface area (Å²) in [6.45, 7) is 3.29.